The van der Waals surface area contributed by atoms with Crippen LogP contribution in [0.1, 0.15) is 20.3 Å². The van der Waals surface area contributed by atoms with Gasteiger partial charge in [-0.15, -0.1) is 0 Å². The van der Waals surface area contributed by atoms with Crippen LogP contribution in [0.3, 0.4) is 0 Å². The van der Waals surface area contributed by atoms with E-state index in [-0.39, 0.29) is 0 Å². The van der Waals surface area contributed by atoms with E-state index >= 15 is 0 Å². The van der Waals surface area contributed by atoms with E-state index in [1.165, 1.54) is 19.5 Å². The quantitative estimate of drug-likeness (QED) is 0.613. The van der Waals surface area contributed by atoms with Gasteiger partial charge in [0, 0.05) is 25.2 Å². The van der Waals surface area contributed by atoms with Gasteiger partial charge < -0.3 is 0 Å². The summed E-state index contributed by atoms with van der Waals surface area (Å²) in [6.45, 7) is 7.20. The van der Waals surface area contributed by atoms with Gasteiger partial charge in [0.25, 0.3) is 0 Å². The van der Waals surface area contributed by atoms with Gasteiger partial charge in [0.15, 0.2) is 0 Å². The van der Waals surface area contributed by atoms with Gasteiger partial charge in [-0.2, -0.15) is 0 Å². The van der Waals surface area contributed by atoms with Crippen molar-refractivity contribution in [1.82, 2.24) is 8.61 Å². The summed E-state index contributed by atoms with van der Waals surface area (Å²) < 4.78 is 4.63. The summed E-state index contributed by atoms with van der Waals surface area (Å²) in [5, 5.41) is 0. The van der Waals surface area contributed by atoms with Gasteiger partial charge in [0.1, 0.15) is 0 Å². The monoisotopic (exact) mass is 188 g/mol. The number of piperidine rings is 1. The summed E-state index contributed by atoms with van der Waals surface area (Å²) in [5.41, 5.74) is 0. The van der Waals surface area contributed by atoms with Crippen LogP contribution in [0, 0.1) is 11.8 Å². The molecule has 1 fully saturated rings. The van der Waals surface area contributed by atoms with Crippen LogP contribution in [-0.2, 0) is 0 Å². The summed E-state index contributed by atoms with van der Waals surface area (Å²) in [6, 6.07) is 0. The smallest absolute Gasteiger partial charge is 0.0130 e. The Morgan fingerprint density at radius 1 is 1.25 bits per heavy atom. The third-order valence-corrected chi connectivity index (χ3v) is 3.46. The first-order valence-corrected chi connectivity index (χ1v) is 5.43. The summed E-state index contributed by atoms with van der Waals surface area (Å²) >= 11 is 1.85. The van der Waals surface area contributed by atoms with Crippen molar-refractivity contribution >= 4 is 12.1 Å². The fraction of sp³-hybridized carbons (Fsp3) is 1.00. The van der Waals surface area contributed by atoms with Crippen molar-refractivity contribution in [3.63, 3.8) is 0 Å². The second-order valence-corrected chi connectivity index (χ2v) is 5.44. The lowest BCUT2D eigenvalue weighted by molar-refractivity contribution is 0.221. The Morgan fingerprint density at radius 2 is 1.92 bits per heavy atom. The highest BCUT2D eigenvalue weighted by Crippen LogP contribution is 2.27. The van der Waals surface area contributed by atoms with E-state index in [1.54, 1.807) is 0 Å². The van der Waals surface area contributed by atoms with Crippen LogP contribution >= 0.6 is 12.1 Å². The molecule has 2 atom stereocenters. The SMILES string of the molecule is C[C@@H]1CCN(SN(C)C)C[C@@H]1C. The Balaban J connectivity index is 2.30. The van der Waals surface area contributed by atoms with E-state index in [9.17, 15) is 0 Å². The molecule has 72 valence electrons. The molecule has 0 unspecified atom stereocenters. The van der Waals surface area contributed by atoms with Gasteiger partial charge in [0.2, 0.25) is 0 Å². The third kappa shape index (κ3) is 2.96. The van der Waals surface area contributed by atoms with Crippen molar-refractivity contribution in [2.75, 3.05) is 27.2 Å². The molecule has 1 heterocycles. The standard InChI is InChI=1S/C9H20N2S/c1-8-5-6-11(7-9(8)2)12-10(3)4/h8-9H,5-7H2,1-4H3/t8-,9+/m1/s1. The van der Waals surface area contributed by atoms with Crippen LogP contribution < -0.4 is 0 Å². The molecule has 0 aliphatic carbocycles. The summed E-state index contributed by atoms with van der Waals surface area (Å²) in [7, 11) is 4.21. The minimum absolute atomic E-state index is 0.853. The average Bonchev–Trinajstić information content (AvgIpc) is 1.96. The molecule has 1 aliphatic heterocycles. The van der Waals surface area contributed by atoms with Gasteiger partial charge in [-0.05, 0) is 32.4 Å². The van der Waals surface area contributed by atoms with Gasteiger partial charge >= 0.3 is 0 Å². The number of rotatable bonds is 2. The molecule has 1 saturated heterocycles. The molecule has 0 saturated carbocycles. The first-order valence-electron chi connectivity index (χ1n) is 4.70. The lowest BCUT2D eigenvalue weighted by atomic mass is 9.90. The molecule has 2 nitrogen and oxygen atoms in total. The topological polar surface area (TPSA) is 6.48 Å². The fourth-order valence-electron chi connectivity index (χ4n) is 1.53. The highest BCUT2D eigenvalue weighted by atomic mass is 32.2. The Bertz CT molecular complexity index is 138. The maximum atomic E-state index is 2.46. The van der Waals surface area contributed by atoms with E-state index in [0.29, 0.717) is 0 Å². The minimum Gasteiger partial charge on any atom is -0.243 e. The van der Waals surface area contributed by atoms with Crippen LogP contribution in [0.25, 0.3) is 0 Å². The maximum Gasteiger partial charge on any atom is 0.0130 e. The van der Waals surface area contributed by atoms with Crippen molar-refractivity contribution in [3.8, 4) is 0 Å². The molecule has 0 aromatic carbocycles. The highest BCUT2D eigenvalue weighted by Gasteiger charge is 2.23. The molecule has 3 heteroatoms. The minimum atomic E-state index is 0.853. The van der Waals surface area contributed by atoms with Crippen molar-refractivity contribution in [2.24, 2.45) is 11.8 Å². The molecule has 0 bridgehead atoms. The summed E-state index contributed by atoms with van der Waals surface area (Å²) in [5.74, 6) is 1.76. The molecule has 0 amide bonds. The number of hydrogen-bond donors (Lipinski definition) is 0. The molecule has 0 aromatic rings. The van der Waals surface area contributed by atoms with Gasteiger partial charge in [0.05, 0.1) is 0 Å². The summed E-state index contributed by atoms with van der Waals surface area (Å²) in [4.78, 5) is 0. The molecular formula is C9H20N2S. The van der Waals surface area contributed by atoms with E-state index in [4.69, 9.17) is 0 Å². The normalized spacial score (nSPS) is 32.8. The predicted octanol–water partition coefficient (Wildman–Crippen LogP) is 2.09. The first kappa shape index (κ1) is 10.4. The predicted molar refractivity (Wildman–Crippen MR) is 55.8 cm³/mol. The zero-order chi connectivity index (χ0) is 9.14. The van der Waals surface area contributed by atoms with Crippen LogP contribution in [-0.4, -0.2) is 35.8 Å². The van der Waals surface area contributed by atoms with Crippen LogP contribution in [0.4, 0.5) is 0 Å². The summed E-state index contributed by atoms with van der Waals surface area (Å²) in [6.07, 6.45) is 1.35. The molecule has 0 spiro atoms. The lowest BCUT2D eigenvalue weighted by Gasteiger charge is -2.35. The lowest BCUT2D eigenvalue weighted by Crippen LogP contribution is -2.35. The second kappa shape index (κ2) is 4.49. The van der Waals surface area contributed by atoms with E-state index in [0.717, 1.165) is 11.8 Å². The van der Waals surface area contributed by atoms with Gasteiger partial charge in [-0.1, -0.05) is 13.8 Å². The Kier molecular flexibility index (Phi) is 3.87. The molecule has 12 heavy (non-hydrogen) atoms. The Hall–Kier alpha value is 0.270. The van der Waals surface area contributed by atoms with Crippen molar-refractivity contribution in [3.05, 3.63) is 0 Å². The van der Waals surface area contributed by atoms with Crippen LogP contribution in [0.5, 0.6) is 0 Å². The van der Waals surface area contributed by atoms with Gasteiger partial charge in [-0.25, -0.2) is 8.61 Å². The molecule has 0 radical (unpaired) electrons. The van der Waals surface area contributed by atoms with Crippen molar-refractivity contribution < 1.29 is 0 Å². The molecule has 1 aliphatic rings. The zero-order valence-corrected chi connectivity index (χ0v) is 9.40. The average molecular weight is 188 g/mol. The van der Waals surface area contributed by atoms with E-state index < -0.39 is 0 Å². The molecular weight excluding hydrogens is 168 g/mol. The second-order valence-electron chi connectivity index (χ2n) is 4.03. The Labute approximate surface area is 80.6 Å². The number of nitrogens with zero attached hydrogens (tertiary/aromatic N) is 2. The van der Waals surface area contributed by atoms with Crippen molar-refractivity contribution in [2.45, 2.75) is 20.3 Å². The van der Waals surface area contributed by atoms with Crippen LogP contribution in [0.2, 0.25) is 0 Å². The molecule has 1 rings (SSSR count). The number of hydrogen-bond acceptors (Lipinski definition) is 3. The van der Waals surface area contributed by atoms with Crippen molar-refractivity contribution in [1.29, 1.82) is 0 Å². The molecule has 0 N–H and O–H groups in total. The third-order valence-electron chi connectivity index (χ3n) is 2.58. The van der Waals surface area contributed by atoms with Gasteiger partial charge in [-0.3, -0.25) is 0 Å². The highest BCUT2D eigenvalue weighted by molar-refractivity contribution is 7.94. The maximum absolute atomic E-state index is 2.46. The fourth-order valence-corrected chi connectivity index (χ4v) is 2.48. The zero-order valence-electron chi connectivity index (χ0n) is 8.58. The van der Waals surface area contributed by atoms with Crippen LogP contribution in [0.15, 0.2) is 0 Å². The van der Waals surface area contributed by atoms with E-state index in [1.807, 2.05) is 12.1 Å². The van der Waals surface area contributed by atoms with E-state index in [2.05, 4.69) is 36.6 Å². The first-order chi connectivity index (χ1) is 5.59. The molecule has 0 aromatic heterocycles. The Morgan fingerprint density at radius 3 is 2.42 bits per heavy atom. The largest absolute Gasteiger partial charge is 0.243 e.